The zero-order valence-corrected chi connectivity index (χ0v) is 26.1. The van der Waals surface area contributed by atoms with Crippen molar-refractivity contribution in [1.29, 1.82) is 0 Å². The summed E-state index contributed by atoms with van der Waals surface area (Å²) in [7, 11) is 0. The molecule has 2 heterocycles. The molecule has 0 aromatic carbocycles. The fourth-order valence-electron chi connectivity index (χ4n) is 5.20. The van der Waals surface area contributed by atoms with Gasteiger partial charge in [-0.1, -0.05) is 46.3 Å². The second-order valence-corrected chi connectivity index (χ2v) is 12.3. The van der Waals surface area contributed by atoms with E-state index in [0.29, 0.717) is 22.0 Å². The van der Waals surface area contributed by atoms with Crippen molar-refractivity contribution >= 4 is 0 Å². The molecule has 43 heavy (non-hydrogen) atoms. The molecule has 2 atom stereocenters. The summed E-state index contributed by atoms with van der Waals surface area (Å²) in [5, 5.41) is 21.8. The Bertz CT molecular complexity index is 1680. The van der Waals surface area contributed by atoms with Gasteiger partial charge in [0.25, 0.3) is 0 Å². The number of aliphatic hydroxyl groups excluding tert-OH is 2. The van der Waals surface area contributed by atoms with Crippen LogP contribution in [0.5, 0.6) is 0 Å². The zero-order valence-electron chi connectivity index (χ0n) is 26.1. The standard InChI is InChI=1S/C29H46N6O8/c1-9-13-28(5,6)16-20(36)17-32-22(38)30(14-10-2)23(39)33(25(32)41)18-21(37)19-34-24(40)31(15-11-3)26(42)35(27(34)43)29(7,8)12-4/h10-11,20-21,36-37H,2-3,9,12-19H2,1,4-8H3. The molecule has 0 spiro atoms. The van der Waals surface area contributed by atoms with Crippen molar-refractivity contribution in [3.63, 3.8) is 0 Å². The van der Waals surface area contributed by atoms with E-state index in [9.17, 15) is 39.0 Å². The van der Waals surface area contributed by atoms with Crippen LogP contribution in [0.1, 0.15) is 67.2 Å². The summed E-state index contributed by atoms with van der Waals surface area (Å²) in [5.74, 6) is 0. The molecule has 0 saturated carbocycles. The molecule has 2 aromatic heterocycles. The van der Waals surface area contributed by atoms with Crippen molar-refractivity contribution in [3.05, 3.63) is 88.2 Å². The summed E-state index contributed by atoms with van der Waals surface area (Å²) < 4.78 is 4.52. The molecule has 0 saturated heterocycles. The van der Waals surface area contributed by atoms with Crippen molar-refractivity contribution in [3.8, 4) is 0 Å². The molecule has 0 aliphatic rings. The number of allylic oxidation sites excluding steroid dienone is 2. The first-order valence-corrected chi connectivity index (χ1v) is 14.5. The molecule has 2 unspecified atom stereocenters. The van der Waals surface area contributed by atoms with Crippen molar-refractivity contribution in [2.75, 3.05) is 0 Å². The van der Waals surface area contributed by atoms with E-state index >= 15 is 0 Å². The lowest BCUT2D eigenvalue weighted by Gasteiger charge is -2.27. The summed E-state index contributed by atoms with van der Waals surface area (Å²) >= 11 is 0. The van der Waals surface area contributed by atoms with Gasteiger partial charge in [-0.05, 0) is 38.5 Å². The smallest absolute Gasteiger partial charge is 0.337 e. The van der Waals surface area contributed by atoms with Crippen molar-refractivity contribution in [2.45, 2.75) is 118 Å². The Morgan fingerprint density at radius 3 is 1.44 bits per heavy atom. The van der Waals surface area contributed by atoms with Crippen LogP contribution >= 0.6 is 0 Å². The lowest BCUT2D eigenvalue weighted by atomic mass is 9.82. The Kier molecular flexibility index (Phi) is 11.6. The van der Waals surface area contributed by atoms with E-state index in [4.69, 9.17) is 0 Å². The second-order valence-electron chi connectivity index (χ2n) is 12.3. The molecule has 0 aliphatic carbocycles. The molecule has 0 bridgehead atoms. The number of hydrogen-bond acceptors (Lipinski definition) is 8. The van der Waals surface area contributed by atoms with Gasteiger partial charge in [0.1, 0.15) is 0 Å². The van der Waals surface area contributed by atoms with Gasteiger partial charge < -0.3 is 10.2 Å². The Morgan fingerprint density at radius 1 is 0.651 bits per heavy atom. The third-order valence-corrected chi connectivity index (χ3v) is 7.68. The summed E-state index contributed by atoms with van der Waals surface area (Å²) in [5.41, 5.74) is -7.05. The van der Waals surface area contributed by atoms with Crippen LogP contribution in [0.15, 0.2) is 54.1 Å². The topological polar surface area (TPSA) is 172 Å². The van der Waals surface area contributed by atoms with Gasteiger partial charge in [0.15, 0.2) is 0 Å². The Balaban J connectivity index is 2.64. The largest absolute Gasteiger partial charge is 0.391 e. The number of aliphatic hydroxyl groups is 2. The summed E-state index contributed by atoms with van der Waals surface area (Å²) in [6.07, 6.45) is 2.24. The van der Waals surface area contributed by atoms with Crippen LogP contribution in [-0.4, -0.2) is 49.8 Å². The molecule has 0 amide bonds. The molecule has 240 valence electrons. The molecule has 0 fully saturated rings. The van der Waals surface area contributed by atoms with Crippen molar-refractivity contribution in [2.24, 2.45) is 5.41 Å². The van der Waals surface area contributed by atoms with Crippen LogP contribution in [0.25, 0.3) is 0 Å². The maximum atomic E-state index is 13.4. The third kappa shape index (κ3) is 7.79. The van der Waals surface area contributed by atoms with Gasteiger partial charge in [-0.3, -0.25) is 0 Å². The van der Waals surface area contributed by atoms with Crippen molar-refractivity contribution < 1.29 is 10.2 Å². The van der Waals surface area contributed by atoms with E-state index in [1.165, 1.54) is 12.2 Å². The molecular formula is C29H46N6O8. The Labute approximate surface area is 249 Å². The van der Waals surface area contributed by atoms with Crippen LogP contribution in [0, 0.1) is 5.41 Å². The first kappa shape index (κ1) is 35.4. The minimum Gasteiger partial charge on any atom is -0.391 e. The number of rotatable bonds is 16. The first-order chi connectivity index (χ1) is 20.0. The minimum absolute atomic E-state index is 0.193. The minimum atomic E-state index is -1.64. The lowest BCUT2D eigenvalue weighted by molar-refractivity contribution is 0.0883. The maximum Gasteiger partial charge on any atom is 0.337 e. The van der Waals surface area contributed by atoms with Crippen LogP contribution in [0.2, 0.25) is 0 Å². The van der Waals surface area contributed by atoms with Crippen LogP contribution in [0.3, 0.4) is 0 Å². The second kappa shape index (κ2) is 14.1. The van der Waals surface area contributed by atoms with Crippen LogP contribution in [-0.2, 0) is 38.3 Å². The summed E-state index contributed by atoms with van der Waals surface area (Å²) in [6, 6.07) is 0. The molecule has 14 heteroatoms. The molecule has 0 radical (unpaired) electrons. The number of nitrogens with zero attached hydrogens (tertiary/aromatic N) is 6. The van der Waals surface area contributed by atoms with Gasteiger partial charge in [-0.2, -0.15) is 0 Å². The molecular weight excluding hydrogens is 560 g/mol. The average molecular weight is 607 g/mol. The quantitative estimate of drug-likeness (QED) is 0.248. The van der Waals surface area contributed by atoms with Gasteiger partial charge >= 0.3 is 34.1 Å². The van der Waals surface area contributed by atoms with Gasteiger partial charge in [0.2, 0.25) is 0 Å². The predicted molar refractivity (Wildman–Crippen MR) is 164 cm³/mol. The monoisotopic (exact) mass is 606 g/mol. The Hall–Kier alpha value is -3.78. The van der Waals surface area contributed by atoms with Crippen LogP contribution in [0.4, 0.5) is 0 Å². The van der Waals surface area contributed by atoms with E-state index < -0.39 is 65.0 Å². The fraction of sp³-hybridized carbons (Fsp3) is 0.655. The highest BCUT2D eigenvalue weighted by molar-refractivity contribution is 4.90. The molecule has 14 nitrogen and oxygen atoms in total. The van der Waals surface area contributed by atoms with E-state index in [0.717, 1.165) is 31.1 Å². The first-order valence-electron chi connectivity index (χ1n) is 14.5. The average Bonchev–Trinajstić information content (AvgIpc) is 2.91. The number of aromatic nitrogens is 6. The fourth-order valence-corrected chi connectivity index (χ4v) is 5.20. The van der Waals surface area contributed by atoms with Crippen molar-refractivity contribution in [1.82, 2.24) is 27.4 Å². The van der Waals surface area contributed by atoms with Gasteiger partial charge in [-0.25, -0.2) is 56.2 Å². The maximum absolute atomic E-state index is 13.4. The van der Waals surface area contributed by atoms with E-state index in [1.807, 2.05) is 20.8 Å². The molecule has 2 N–H and O–H groups in total. The normalized spacial score (nSPS) is 13.6. The van der Waals surface area contributed by atoms with Gasteiger partial charge in [0, 0.05) is 5.54 Å². The highest BCUT2D eigenvalue weighted by Gasteiger charge is 2.28. The van der Waals surface area contributed by atoms with Gasteiger partial charge in [-0.15, -0.1) is 13.2 Å². The zero-order chi connectivity index (χ0) is 32.9. The summed E-state index contributed by atoms with van der Waals surface area (Å²) in [4.78, 5) is 79.3. The van der Waals surface area contributed by atoms with Crippen LogP contribution < -0.4 is 34.1 Å². The third-order valence-electron chi connectivity index (χ3n) is 7.68. The molecule has 2 aromatic rings. The highest BCUT2D eigenvalue weighted by Crippen LogP contribution is 2.28. The lowest BCUT2D eigenvalue weighted by Crippen LogP contribution is -2.60. The molecule has 2 rings (SSSR count). The Morgan fingerprint density at radius 2 is 1.02 bits per heavy atom. The number of hydrogen-bond donors (Lipinski definition) is 2. The van der Waals surface area contributed by atoms with E-state index in [1.54, 1.807) is 20.8 Å². The molecule has 0 aliphatic heterocycles. The van der Waals surface area contributed by atoms with E-state index in [2.05, 4.69) is 13.2 Å². The van der Waals surface area contributed by atoms with E-state index in [-0.39, 0.29) is 25.0 Å². The summed E-state index contributed by atoms with van der Waals surface area (Å²) in [6.45, 7) is 16.0. The SMILES string of the molecule is C=CCn1c(=O)n(CC(O)Cn2c(=O)n(CC=C)c(=O)n(C(C)(C)CC)c2=O)c(=O)n(CC(O)CC(C)(C)CCC)c1=O. The highest BCUT2D eigenvalue weighted by atomic mass is 16.3. The predicted octanol–water partition coefficient (Wildman–Crippen LogP) is -0.188. The van der Waals surface area contributed by atoms with Gasteiger partial charge in [0.05, 0.1) is 44.9 Å².